The molecule has 1 amide bonds. The number of hydrogen-bond acceptors (Lipinski definition) is 3. The van der Waals surface area contributed by atoms with E-state index in [9.17, 15) is 4.79 Å². The molecule has 0 saturated carbocycles. The predicted octanol–water partition coefficient (Wildman–Crippen LogP) is 5.40. The number of nitrogens with zero attached hydrogens (tertiary/aromatic N) is 2. The Kier molecular flexibility index (Phi) is 5.08. The number of hydrogen-bond donors (Lipinski definition) is 0. The van der Waals surface area contributed by atoms with Crippen LogP contribution in [0.25, 0.3) is 0 Å². The highest BCUT2D eigenvalue weighted by atomic mass is 32.1. The van der Waals surface area contributed by atoms with E-state index < -0.39 is 0 Å². The molecule has 1 fully saturated rings. The summed E-state index contributed by atoms with van der Waals surface area (Å²) < 4.78 is 5.84. The van der Waals surface area contributed by atoms with Crippen LogP contribution >= 0.6 is 12.2 Å². The van der Waals surface area contributed by atoms with Gasteiger partial charge in [-0.1, -0.05) is 43.3 Å². The van der Waals surface area contributed by atoms with Gasteiger partial charge in [0, 0.05) is 5.69 Å². The summed E-state index contributed by atoms with van der Waals surface area (Å²) in [6, 6.07) is 26.5. The number of anilines is 2. The number of benzene rings is 3. The highest BCUT2D eigenvalue weighted by Gasteiger charge is 2.42. The molecule has 4 rings (SSSR count). The molecule has 0 radical (unpaired) electrons. The zero-order valence-electron chi connectivity index (χ0n) is 15.5. The lowest BCUT2D eigenvalue weighted by Crippen LogP contribution is -2.34. The van der Waals surface area contributed by atoms with E-state index in [1.807, 2.05) is 96.8 Å². The van der Waals surface area contributed by atoms with E-state index in [2.05, 4.69) is 0 Å². The molecule has 1 aliphatic heterocycles. The minimum Gasteiger partial charge on any atom is -0.457 e. The van der Waals surface area contributed by atoms with Gasteiger partial charge >= 0.3 is 0 Å². The van der Waals surface area contributed by atoms with Crippen molar-refractivity contribution in [1.82, 2.24) is 0 Å². The van der Waals surface area contributed by atoms with E-state index in [0.717, 1.165) is 17.1 Å². The van der Waals surface area contributed by atoms with Crippen LogP contribution in [0.1, 0.15) is 13.3 Å². The molecule has 0 N–H and O–H groups in total. The number of ether oxygens (including phenoxy) is 1. The zero-order valence-corrected chi connectivity index (χ0v) is 16.3. The lowest BCUT2D eigenvalue weighted by atomic mass is 10.1. The largest absolute Gasteiger partial charge is 0.457 e. The third-order valence-corrected chi connectivity index (χ3v) is 5.09. The zero-order chi connectivity index (χ0) is 19.5. The Morgan fingerprint density at radius 1 is 0.821 bits per heavy atom. The van der Waals surface area contributed by atoms with Crippen LogP contribution in [0.4, 0.5) is 11.4 Å². The molecule has 1 unspecified atom stereocenters. The summed E-state index contributed by atoms with van der Waals surface area (Å²) in [5, 5.41) is 0.500. The van der Waals surface area contributed by atoms with Crippen LogP contribution in [0, 0.1) is 0 Å². The van der Waals surface area contributed by atoms with Crippen LogP contribution in [-0.2, 0) is 4.79 Å². The average Bonchev–Trinajstić information content (AvgIpc) is 2.99. The van der Waals surface area contributed by atoms with E-state index in [0.29, 0.717) is 17.3 Å². The lowest BCUT2D eigenvalue weighted by molar-refractivity contribution is -0.117. The van der Waals surface area contributed by atoms with E-state index in [4.69, 9.17) is 17.0 Å². The van der Waals surface area contributed by atoms with Gasteiger partial charge in [-0.05, 0) is 67.2 Å². The maximum absolute atomic E-state index is 13.1. The van der Waals surface area contributed by atoms with Crippen LogP contribution in [0.15, 0.2) is 84.9 Å². The predicted molar refractivity (Wildman–Crippen MR) is 116 cm³/mol. The first-order valence-corrected chi connectivity index (χ1v) is 9.65. The summed E-state index contributed by atoms with van der Waals surface area (Å²) in [6.45, 7) is 2.00. The van der Waals surface area contributed by atoms with Crippen LogP contribution < -0.4 is 14.5 Å². The SMILES string of the molecule is CCC1C(=O)N(c2ccc(Oc3ccccc3)cc2)C(=S)N1c1ccccc1. The second-order valence-corrected chi connectivity index (χ2v) is 6.86. The highest BCUT2D eigenvalue weighted by Crippen LogP contribution is 2.32. The molecule has 0 bridgehead atoms. The fourth-order valence-electron chi connectivity index (χ4n) is 3.36. The number of rotatable bonds is 5. The minimum atomic E-state index is -0.296. The van der Waals surface area contributed by atoms with Gasteiger partial charge in [-0.3, -0.25) is 9.69 Å². The van der Waals surface area contributed by atoms with Gasteiger partial charge in [0.05, 0.1) is 5.69 Å². The molecule has 140 valence electrons. The van der Waals surface area contributed by atoms with E-state index in [1.165, 1.54) is 0 Å². The average molecular weight is 388 g/mol. The maximum atomic E-state index is 13.1. The quantitative estimate of drug-likeness (QED) is 0.548. The molecule has 1 atom stereocenters. The van der Waals surface area contributed by atoms with Crippen molar-refractivity contribution < 1.29 is 9.53 Å². The van der Waals surface area contributed by atoms with Gasteiger partial charge in [0.15, 0.2) is 5.11 Å². The molecule has 1 heterocycles. The Bertz CT molecular complexity index is 975. The normalized spacial score (nSPS) is 16.5. The molecule has 3 aromatic rings. The van der Waals surface area contributed by atoms with Crippen LogP contribution in [0.2, 0.25) is 0 Å². The van der Waals surface area contributed by atoms with Gasteiger partial charge in [-0.25, -0.2) is 0 Å². The summed E-state index contributed by atoms with van der Waals surface area (Å²) >= 11 is 5.68. The van der Waals surface area contributed by atoms with E-state index >= 15 is 0 Å². The van der Waals surface area contributed by atoms with Crippen LogP contribution in [0.5, 0.6) is 11.5 Å². The standard InChI is InChI=1S/C23H20N2O2S/c1-2-21-22(26)25(23(28)24(21)17-9-5-3-6-10-17)18-13-15-20(16-14-18)27-19-11-7-4-8-12-19/h3-16,21H,2H2,1H3. The van der Waals surface area contributed by atoms with Crippen molar-refractivity contribution >= 4 is 34.6 Å². The first-order chi connectivity index (χ1) is 13.7. The first-order valence-electron chi connectivity index (χ1n) is 9.24. The second-order valence-electron chi connectivity index (χ2n) is 6.49. The monoisotopic (exact) mass is 388 g/mol. The number of amides is 1. The topological polar surface area (TPSA) is 32.8 Å². The molecular formula is C23H20N2O2S. The van der Waals surface area contributed by atoms with E-state index in [1.54, 1.807) is 4.90 Å². The number of carbonyl (C=O) groups is 1. The number of para-hydroxylation sites is 2. The van der Waals surface area contributed by atoms with Gasteiger partial charge in [-0.2, -0.15) is 0 Å². The summed E-state index contributed by atoms with van der Waals surface area (Å²) in [5.74, 6) is 1.47. The number of thiocarbonyl (C=S) groups is 1. The van der Waals surface area contributed by atoms with Gasteiger partial charge in [0.2, 0.25) is 0 Å². The molecule has 4 nitrogen and oxygen atoms in total. The van der Waals surface area contributed by atoms with Crippen molar-refractivity contribution in [2.75, 3.05) is 9.80 Å². The van der Waals surface area contributed by atoms with Crippen molar-refractivity contribution in [2.45, 2.75) is 19.4 Å². The van der Waals surface area contributed by atoms with Gasteiger partial charge < -0.3 is 9.64 Å². The minimum absolute atomic E-state index is 0.00641. The van der Waals surface area contributed by atoms with Crippen molar-refractivity contribution in [2.24, 2.45) is 0 Å². The summed E-state index contributed by atoms with van der Waals surface area (Å²) in [5.41, 5.74) is 1.67. The Balaban J connectivity index is 1.60. The van der Waals surface area contributed by atoms with Crippen molar-refractivity contribution in [3.05, 3.63) is 84.9 Å². The molecule has 1 saturated heterocycles. The molecule has 0 aromatic heterocycles. The molecule has 0 aliphatic carbocycles. The molecule has 1 aliphatic rings. The second kappa shape index (κ2) is 7.82. The summed E-state index contributed by atoms with van der Waals surface area (Å²) in [6.07, 6.45) is 0.680. The Labute approximate surface area is 170 Å². The Hall–Kier alpha value is -3.18. The maximum Gasteiger partial charge on any atom is 0.256 e. The molecule has 3 aromatic carbocycles. The Morgan fingerprint density at radius 2 is 1.39 bits per heavy atom. The molecule has 0 spiro atoms. The molecule has 5 heteroatoms. The summed E-state index contributed by atoms with van der Waals surface area (Å²) in [4.78, 5) is 16.6. The van der Waals surface area contributed by atoms with Crippen molar-refractivity contribution in [3.63, 3.8) is 0 Å². The summed E-state index contributed by atoms with van der Waals surface area (Å²) in [7, 11) is 0. The fourth-order valence-corrected chi connectivity index (χ4v) is 3.78. The van der Waals surface area contributed by atoms with Crippen LogP contribution in [-0.4, -0.2) is 17.1 Å². The van der Waals surface area contributed by atoms with Crippen LogP contribution in [0.3, 0.4) is 0 Å². The highest BCUT2D eigenvalue weighted by molar-refractivity contribution is 7.81. The van der Waals surface area contributed by atoms with Gasteiger partial charge in [0.1, 0.15) is 17.5 Å². The number of carbonyl (C=O) groups excluding carboxylic acids is 1. The van der Waals surface area contributed by atoms with Crippen molar-refractivity contribution in [1.29, 1.82) is 0 Å². The first kappa shape index (κ1) is 18.2. The lowest BCUT2D eigenvalue weighted by Gasteiger charge is -2.23. The van der Waals surface area contributed by atoms with Gasteiger partial charge in [0.25, 0.3) is 5.91 Å². The third-order valence-electron chi connectivity index (χ3n) is 4.71. The third kappa shape index (κ3) is 3.37. The fraction of sp³-hybridized carbons (Fsp3) is 0.130. The smallest absolute Gasteiger partial charge is 0.256 e. The van der Waals surface area contributed by atoms with Crippen molar-refractivity contribution in [3.8, 4) is 11.5 Å². The Morgan fingerprint density at radius 3 is 2.00 bits per heavy atom. The van der Waals surface area contributed by atoms with E-state index in [-0.39, 0.29) is 11.9 Å². The molecular weight excluding hydrogens is 368 g/mol. The molecule has 28 heavy (non-hydrogen) atoms. The van der Waals surface area contributed by atoms with Gasteiger partial charge in [-0.15, -0.1) is 0 Å².